The average Bonchev–Trinajstić information content (AvgIpc) is 2.64. The van der Waals surface area contributed by atoms with Crippen LogP contribution >= 0.6 is 0 Å². The smallest absolute Gasteiger partial charge is 0.185 e. The van der Waals surface area contributed by atoms with E-state index >= 15 is 0 Å². The van der Waals surface area contributed by atoms with Gasteiger partial charge in [0.1, 0.15) is 5.52 Å². The van der Waals surface area contributed by atoms with E-state index in [1.807, 2.05) is 0 Å². The number of hydrogen-bond acceptors (Lipinski definition) is 2. The third kappa shape index (κ3) is 2.13. The van der Waals surface area contributed by atoms with E-state index in [0.29, 0.717) is 5.39 Å². The van der Waals surface area contributed by atoms with Crippen molar-refractivity contribution in [2.45, 2.75) is 26.0 Å². The van der Waals surface area contributed by atoms with Crippen LogP contribution in [0.4, 0.5) is 8.78 Å². The summed E-state index contributed by atoms with van der Waals surface area (Å²) in [4.78, 5) is 0. The summed E-state index contributed by atoms with van der Waals surface area (Å²) >= 11 is 0. The van der Waals surface area contributed by atoms with Crippen LogP contribution in [-0.2, 0) is 6.54 Å². The normalized spacial score (nSPS) is 12.1. The number of halogens is 2. The van der Waals surface area contributed by atoms with Crippen molar-refractivity contribution in [3.8, 4) is 0 Å². The fourth-order valence-electron chi connectivity index (χ4n) is 1.84. The molecule has 0 saturated heterocycles. The zero-order chi connectivity index (χ0) is 13.5. The van der Waals surface area contributed by atoms with E-state index in [2.05, 4.69) is 11.7 Å². The van der Waals surface area contributed by atoms with Crippen LogP contribution in [0.1, 0.15) is 19.4 Å². The molecule has 2 aromatic rings. The van der Waals surface area contributed by atoms with Crippen LogP contribution in [0.5, 0.6) is 0 Å². The lowest BCUT2D eigenvalue weighted by molar-refractivity contribution is 0.0589. The number of rotatable bonds is 3. The second kappa shape index (κ2) is 4.17. The van der Waals surface area contributed by atoms with Crippen LogP contribution in [0.2, 0.25) is 0 Å². The SMILES string of the molecule is C=Cc1cc2cnn(CC(C)(C)O)c2c(F)c1F. The molecule has 0 atom stereocenters. The molecule has 96 valence electrons. The van der Waals surface area contributed by atoms with Crippen LogP contribution in [0, 0.1) is 11.6 Å². The number of aliphatic hydroxyl groups is 1. The molecule has 0 aliphatic rings. The second-order valence-corrected chi connectivity index (χ2v) is 4.85. The van der Waals surface area contributed by atoms with Gasteiger partial charge >= 0.3 is 0 Å². The first-order chi connectivity index (χ1) is 8.33. The van der Waals surface area contributed by atoms with Crippen LogP contribution in [0.25, 0.3) is 17.0 Å². The Labute approximate surface area is 103 Å². The molecule has 1 N–H and O–H groups in total. The predicted molar refractivity (Wildman–Crippen MR) is 66.0 cm³/mol. The first-order valence-electron chi connectivity index (χ1n) is 5.52. The third-order valence-electron chi connectivity index (χ3n) is 2.59. The van der Waals surface area contributed by atoms with Crippen molar-refractivity contribution in [2.75, 3.05) is 0 Å². The fraction of sp³-hybridized carbons (Fsp3) is 0.308. The van der Waals surface area contributed by atoms with Gasteiger partial charge in [0, 0.05) is 10.9 Å². The van der Waals surface area contributed by atoms with Crippen LogP contribution in [0.3, 0.4) is 0 Å². The topological polar surface area (TPSA) is 38.0 Å². The van der Waals surface area contributed by atoms with Crippen molar-refractivity contribution in [3.63, 3.8) is 0 Å². The zero-order valence-electron chi connectivity index (χ0n) is 10.2. The van der Waals surface area contributed by atoms with Gasteiger partial charge in [0.15, 0.2) is 11.6 Å². The number of aromatic nitrogens is 2. The molecule has 0 bridgehead atoms. The van der Waals surface area contributed by atoms with Gasteiger partial charge in [-0.1, -0.05) is 12.7 Å². The molecule has 5 heteroatoms. The summed E-state index contributed by atoms with van der Waals surface area (Å²) in [6.45, 7) is 6.67. The van der Waals surface area contributed by atoms with Crippen molar-refractivity contribution >= 4 is 17.0 Å². The molecule has 0 spiro atoms. The first-order valence-corrected chi connectivity index (χ1v) is 5.52. The Morgan fingerprint density at radius 3 is 2.67 bits per heavy atom. The Bertz CT molecular complexity index is 611. The van der Waals surface area contributed by atoms with E-state index in [4.69, 9.17) is 0 Å². The lowest BCUT2D eigenvalue weighted by Gasteiger charge is -2.17. The highest BCUT2D eigenvalue weighted by Crippen LogP contribution is 2.25. The average molecular weight is 252 g/mol. The van der Waals surface area contributed by atoms with Crippen molar-refractivity contribution in [2.24, 2.45) is 0 Å². The van der Waals surface area contributed by atoms with Crippen molar-refractivity contribution in [1.29, 1.82) is 0 Å². The van der Waals surface area contributed by atoms with Gasteiger partial charge in [0.25, 0.3) is 0 Å². The maximum absolute atomic E-state index is 13.9. The van der Waals surface area contributed by atoms with Crippen LogP contribution in [0.15, 0.2) is 18.8 Å². The number of benzene rings is 1. The molecule has 18 heavy (non-hydrogen) atoms. The summed E-state index contributed by atoms with van der Waals surface area (Å²) < 4.78 is 28.9. The van der Waals surface area contributed by atoms with E-state index in [0.717, 1.165) is 0 Å². The highest BCUT2D eigenvalue weighted by Gasteiger charge is 2.20. The van der Waals surface area contributed by atoms with E-state index in [1.165, 1.54) is 23.0 Å². The van der Waals surface area contributed by atoms with Crippen LogP contribution < -0.4 is 0 Å². The molecular formula is C13H14F2N2O. The van der Waals surface area contributed by atoms with E-state index in [-0.39, 0.29) is 17.6 Å². The maximum atomic E-state index is 13.9. The molecule has 0 radical (unpaired) electrons. The van der Waals surface area contributed by atoms with E-state index in [9.17, 15) is 13.9 Å². The predicted octanol–water partition coefficient (Wildman–Crippen LogP) is 2.73. The molecule has 0 amide bonds. The molecular weight excluding hydrogens is 238 g/mol. The minimum Gasteiger partial charge on any atom is -0.389 e. The van der Waals surface area contributed by atoms with Crippen LogP contribution in [-0.4, -0.2) is 20.5 Å². The van der Waals surface area contributed by atoms with Crippen molar-refractivity contribution in [3.05, 3.63) is 36.0 Å². The van der Waals surface area contributed by atoms with Gasteiger partial charge in [-0.05, 0) is 19.9 Å². The van der Waals surface area contributed by atoms with Crippen molar-refractivity contribution < 1.29 is 13.9 Å². The lowest BCUT2D eigenvalue weighted by Crippen LogP contribution is -2.26. The molecule has 0 aliphatic heterocycles. The molecule has 1 aromatic carbocycles. The first kappa shape index (κ1) is 12.7. The largest absolute Gasteiger partial charge is 0.389 e. The van der Waals surface area contributed by atoms with E-state index in [1.54, 1.807) is 13.8 Å². The fourth-order valence-corrected chi connectivity index (χ4v) is 1.84. The highest BCUT2D eigenvalue weighted by molar-refractivity contribution is 5.82. The molecule has 0 unspecified atom stereocenters. The van der Waals surface area contributed by atoms with Gasteiger partial charge in [-0.2, -0.15) is 5.10 Å². The number of nitrogens with zero attached hydrogens (tertiary/aromatic N) is 2. The highest BCUT2D eigenvalue weighted by atomic mass is 19.2. The number of fused-ring (bicyclic) bond motifs is 1. The van der Waals surface area contributed by atoms with Gasteiger partial charge in [-0.25, -0.2) is 8.78 Å². The minimum atomic E-state index is -1.06. The molecule has 0 fully saturated rings. The zero-order valence-corrected chi connectivity index (χ0v) is 10.2. The summed E-state index contributed by atoms with van der Waals surface area (Å²) in [5.41, 5.74) is -0.901. The van der Waals surface area contributed by atoms with Crippen molar-refractivity contribution in [1.82, 2.24) is 9.78 Å². The molecule has 0 saturated carbocycles. The summed E-state index contributed by atoms with van der Waals surface area (Å²) in [6.07, 6.45) is 2.70. The molecule has 0 aliphatic carbocycles. The van der Waals surface area contributed by atoms with Gasteiger partial charge < -0.3 is 5.11 Å². The van der Waals surface area contributed by atoms with Gasteiger partial charge in [-0.15, -0.1) is 0 Å². The lowest BCUT2D eigenvalue weighted by atomic mass is 10.1. The quantitative estimate of drug-likeness (QED) is 0.912. The third-order valence-corrected chi connectivity index (χ3v) is 2.59. The summed E-state index contributed by atoms with van der Waals surface area (Å²) in [7, 11) is 0. The summed E-state index contributed by atoms with van der Waals surface area (Å²) in [6, 6.07) is 1.48. The summed E-state index contributed by atoms with van der Waals surface area (Å²) in [5.74, 6) is -1.92. The molecule has 1 heterocycles. The minimum absolute atomic E-state index is 0.0558. The molecule has 3 nitrogen and oxygen atoms in total. The second-order valence-electron chi connectivity index (χ2n) is 4.85. The number of hydrogen-bond donors (Lipinski definition) is 1. The van der Waals surface area contributed by atoms with Gasteiger partial charge in [0.05, 0.1) is 18.3 Å². The monoisotopic (exact) mass is 252 g/mol. The molecule has 1 aromatic heterocycles. The van der Waals surface area contributed by atoms with Gasteiger partial charge in [-0.3, -0.25) is 4.68 Å². The van der Waals surface area contributed by atoms with Gasteiger partial charge in [0.2, 0.25) is 0 Å². The van der Waals surface area contributed by atoms with E-state index < -0.39 is 17.2 Å². The molecule has 2 rings (SSSR count). The standard InChI is InChI=1S/C13H14F2N2O/c1-4-8-5-9-6-16-17(7-13(2,3)18)12(9)11(15)10(8)14/h4-6,18H,1,7H2,2-3H3. The Hall–Kier alpha value is -1.75. The maximum Gasteiger partial charge on any atom is 0.185 e. The Morgan fingerprint density at radius 2 is 2.11 bits per heavy atom. The Kier molecular flexibility index (Phi) is 2.94. The Balaban J connectivity index is 2.66. The summed E-state index contributed by atoms with van der Waals surface area (Å²) in [5, 5.41) is 14.2. The Morgan fingerprint density at radius 1 is 1.44 bits per heavy atom.